The first-order valence-electron chi connectivity index (χ1n) is 7.86. The van der Waals surface area contributed by atoms with Crippen molar-refractivity contribution in [3.8, 4) is 0 Å². The Balaban J connectivity index is 1.42. The van der Waals surface area contributed by atoms with Gasteiger partial charge in [0.1, 0.15) is 0 Å². The Kier molecular flexibility index (Phi) is 5.04. The van der Waals surface area contributed by atoms with Gasteiger partial charge in [-0.3, -0.25) is 9.88 Å². The Morgan fingerprint density at radius 3 is 2.75 bits per heavy atom. The fourth-order valence-corrected chi connectivity index (χ4v) is 4.07. The van der Waals surface area contributed by atoms with Gasteiger partial charge in [-0.25, -0.2) is 0 Å². The number of rotatable bonds is 4. The van der Waals surface area contributed by atoms with Crippen LogP contribution in [0.3, 0.4) is 0 Å². The number of aliphatic hydroxyl groups is 1. The van der Waals surface area contributed by atoms with E-state index in [1.165, 1.54) is 37.0 Å². The highest BCUT2D eigenvalue weighted by atomic mass is 32.1. The zero-order valence-corrected chi connectivity index (χ0v) is 12.8. The van der Waals surface area contributed by atoms with Gasteiger partial charge in [0.05, 0.1) is 11.6 Å². The molecule has 5 heteroatoms. The van der Waals surface area contributed by atoms with E-state index in [9.17, 15) is 5.11 Å². The molecule has 2 unspecified atom stereocenters. The highest BCUT2D eigenvalue weighted by Crippen LogP contribution is 2.26. The van der Waals surface area contributed by atoms with E-state index in [4.69, 9.17) is 0 Å². The number of aromatic nitrogens is 1. The predicted octanol–water partition coefficient (Wildman–Crippen LogP) is 2.00. The van der Waals surface area contributed by atoms with Gasteiger partial charge in [0, 0.05) is 42.8 Å². The predicted molar refractivity (Wildman–Crippen MR) is 81.8 cm³/mol. The van der Waals surface area contributed by atoms with Gasteiger partial charge in [0.2, 0.25) is 0 Å². The zero-order chi connectivity index (χ0) is 13.8. The molecule has 4 nitrogen and oxygen atoms in total. The van der Waals surface area contributed by atoms with Gasteiger partial charge in [0.25, 0.3) is 0 Å². The van der Waals surface area contributed by atoms with E-state index in [2.05, 4.69) is 15.2 Å². The number of nitrogens with one attached hydrogen (secondary N) is 1. The second-order valence-electron chi connectivity index (χ2n) is 6.08. The third kappa shape index (κ3) is 3.58. The number of hydrogen-bond acceptors (Lipinski definition) is 5. The van der Waals surface area contributed by atoms with E-state index in [0.29, 0.717) is 12.1 Å². The van der Waals surface area contributed by atoms with E-state index in [1.807, 2.05) is 11.7 Å². The van der Waals surface area contributed by atoms with Gasteiger partial charge in [0.15, 0.2) is 0 Å². The van der Waals surface area contributed by atoms with Crippen molar-refractivity contribution in [3.05, 3.63) is 16.6 Å². The number of thiazole rings is 1. The maximum absolute atomic E-state index is 10.2. The molecule has 1 saturated heterocycles. The van der Waals surface area contributed by atoms with Crippen molar-refractivity contribution in [2.24, 2.45) is 0 Å². The lowest BCUT2D eigenvalue weighted by atomic mass is 9.89. The third-order valence-electron chi connectivity index (χ3n) is 4.74. The molecule has 0 amide bonds. The third-order valence-corrected chi connectivity index (χ3v) is 5.52. The van der Waals surface area contributed by atoms with E-state index < -0.39 is 0 Å². The van der Waals surface area contributed by atoms with Gasteiger partial charge < -0.3 is 10.4 Å². The molecule has 0 spiro atoms. The Labute approximate surface area is 125 Å². The monoisotopic (exact) mass is 295 g/mol. The summed E-state index contributed by atoms with van der Waals surface area (Å²) < 4.78 is 0. The molecule has 1 saturated carbocycles. The maximum Gasteiger partial charge on any atom is 0.0794 e. The van der Waals surface area contributed by atoms with Gasteiger partial charge in [-0.1, -0.05) is 12.8 Å². The van der Waals surface area contributed by atoms with E-state index >= 15 is 0 Å². The number of likely N-dealkylation sites (tertiary alicyclic amines) is 1. The fraction of sp³-hybridized carbons (Fsp3) is 0.800. The summed E-state index contributed by atoms with van der Waals surface area (Å²) in [5.74, 6) is 0. The van der Waals surface area contributed by atoms with Crippen molar-refractivity contribution in [2.45, 2.75) is 63.3 Å². The Bertz CT molecular complexity index is 390. The minimum absolute atomic E-state index is 0.0922. The van der Waals surface area contributed by atoms with Gasteiger partial charge >= 0.3 is 0 Å². The molecule has 2 N–H and O–H groups in total. The first-order valence-corrected chi connectivity index (χ1v) is 8.74. The van der Waals surface area contributed by atoms with Crippen LogP contribution >= 0.6 is 11.3 Å². The van der Waals surface area contributed by atoms with Gasteiger partial charge in [-0.05, 0) is 25.7 Å². The number of aliphatic hydroxyl groups excluding tert-OH is 1. The van der Waals surface area contributed by atoms with Crippen LogP contribution in [0.4, 0.5) is 0 Å². The molecule has 0 radical (unpaired) electrons. The number of piperidine rings is 1. The van der Waals surface area contributed by atoms with Crippen LogP contribution < -0.4 is 5.32 Å². The Morgan fingerprint density at radius 2 is 2.05 bits per heavy atom. The van der Waals surface area contributed by atoms with Crippen LogP contribution in [0.2, 0.25) is 0 Å². The second kappa shape index (κ2) is 6.98. The first kappa shape index (κ1) is 14.4. The van der Waals surface area contributed by atoms with Crippen molar-refractivity contribution >= 4 is 11.3 Å². The second-order valence-corrected chi connectivity index (χ2v) is 7.05. The Morgan fingerprint density at radius 1 is 1.25 bits per heavy atom. The Hall–Kier alpha value is -0.490. The van der Waals surface area contributed by atoms with E-state index in [0.717, 1.165) is 26.1 Å². The summed E-state index contributed by atoms with van der Waals surface area (Å²) in [6, 6.07) is 1.04. The molecule has 0 aromatic carbocycles. The van der Waals surface area contributed by atoms with E-state index in [-0.39, 0.29) is 6.10 Å². The lowest BCUT2D eigenvalue weighted by molar-refractivity contribution is 0.00715. The molecular weight excluding hydrogens is 270 g/mol. The van der Waals surface area contributed by atoms with Gasteiger partial charge in [-0.2, -0.15) is 0 Å². The van der Waals surface area contributed by atoms with Crippen molar-refractivity contribution < 1.29 is 5.11 Å². The lowest BCUT2D eigenvalue weighted by Crippen LogP contribution is -2.51. The number of hydrogen-bond donors (Lipinski definition) is 2. The van der Waals surface area contributed by atoms with Crippen LogP contribution in [-0.2, 0) is 6.54 Å². The zero-order valence-electron chi connectivity index (χ0n) is 12.0. The average Bonchev–Trinajstić information content (AvgIpc) is 3.00. The maximum atomic E-state index is 10.2. The average molecular weight is 295 g/mol. The summed E-state index contributed by atoms with van der Waals surface area (Å²) in [7, 11) is 0. The van der Waals surface area contributed by atoms with Crippen LogP contribution in [0, 0.1) is 0 Å². The smallest absolute Gasteiger partial charge is 0.0794 e. The van der Waals surface area contributed by atoms with Crippen molar-refractivity contribution in [2.75, 3.05) is 13.1 Å². The molecule has 1 aliphatic carbocycles. The fourth-order valence-electron chi connectivity index (χ4n) is 3.53. The molecular formula is C15H25N3OS. The topological polar surface area (TPSA) is 48.4 Å². The SMILES string of the molecule is OC1CCCCC1N1CCC(NCc2cncs2)CC1. The van der Waals surface area contributed by atoms with Crippen molar-refractivity contribution in [3.63, 3.8) is 0 Å². The summed E-state index contributed by atoms with van der Waals surface area (Å²) in [4.78, 5) is 7.95. The highest BCUT2D eigenvalue weighted by Gasteiger charge is 2.31. The molecule has 2 heterocycles. The summed E-state index contributed by atoms with van der Waals surface area (Å²) in [5.41, 5.74) is 1.89. The molecule has 2 aliphatic rings. The molecule has 2 fully saturated rings. The quantitative estimate of drug-likeness (QED) is 0.892. The molecule has 1 aliphatic heterocycles. The standard InChI is InChI=1S/C15H25N3OS/c19-15-4-2-1-3-14(15)18-7-5-12(6-8-18)17-10-13-9-16-11-20-13/h9,11-12,14-15,17,19H,1-8,10H2. The minimum atomic E-state index is -0.0922. The normalized spacial score (nSPS) is 29.6. The van der Waals surface area contributed by atoms with Crippen LogP contribution in [0.5, 0.6) is 0 Å². The minimum Gasteiger partial charge on any atom is -0.391 e. The molecule has 1 aromatic heterocycles. The molecule has 112 valence electrons. The van der Waals surface area contributed by atoms with Crippen LogP contribution in [-0.4, -0.2) is 46.3 Å². The van der Waals surface area contributed by atoms with Crippen molar-refractivity contribution in [1.82, 2.24) is 15.2 Å². The molecule has 20 heavy (non-hydrogen) atoms. The van der Waals surface area contributed by atoms with Crippen LogP contribution in [0.15, 0.2) is 11.7 Å². The van der Waals surface area contributed by atoms with Crippen LogP contribution in [0.25, 0.3) is 0 Å². The summed E-state index contributed by atoms with van der Waals surface area (Å²) in [5, 5.41) is 13.8. The number of nitrogens with zero attached hydrogens (tertiary/aromatic N) is 2. The first-order chi connectivity index (χ1) is 9.83. The molecule has 0 bridgehead atoms. The van der Waals surface area contributed by atoms with E-state index in [1.54, 1.807) is 11.3 Å². The largest absolute Gasteiger partial charge is 0.391 e. The molecule has 3 rings (SSSR count). The van der Waals surface area contributed by atoms with Crippen LogP contribution in [0.1, 0.15) is 43.4 Å². The van der Waals surface area contributed by atoms with Gasteiger partial charge in [-0.15, -0.1) is 11.3 Å². The summed E-state index contributed by atoms with van der Waals surface area (Å²) in [6.07, 6.45) is 8.91. The molecule has 2 atom stereocenters. The van der Waals surface area contributed by atoms with Crippen molar-refractivity contribution in [1.29, 1.82) is 0 Å². The summed E-state index contributed by atoms with van der Waals surface area (Å²) in [6.45, 7) is 3.20. The highest BCUT2D eigenvalue weighted by molar-refractivity contribution is 7.09. The lowest BCUT2D eigenvalue weighted by Gasteiger charge is -2.41. The summed E-state index contributed by atoms with van der Waals surface area (Å²) >= 11 is 1.72. The molecule has 1 aromatic rings.